The van der Waals surface area contributed by atoms with Gasteiger partial charge in [-0.2, -0.15) is 0 Å². The molecule has 1 aliphatic rings. The second-order valence-electron chi connectivity index (χ2n) is 7.85. The lowest BCUT2D eigenvalue weighted by atomic mass is 10.3. The molecule has 33 heavy (non-hydrogen) atoms. The van der Waals surface area contributed by atoms with E-state index < -0.39 is 10.0 Å². The first-order chi connectivity index (χ1) is 16.0. The maximum Gasteiger partial charge on any atom is 0.262 e. The van der Waals surface area contributed by atoms with Crippen LogP contribution in [0.5, 0.6) is 17.2 Å². The van der Waals surface area contributed by atoms with Gasteiger partial charge in [0.15, 0.2) is 6.61 Å². The maximum absolute atomic E-state index is 12.5. The van der Waals surface area contributed by atoms with Gasteiger partial charge in [0.2, 0.25) is 10.0 Å². The molecule has 0 saturated heterocycles. The van der Waals surface area contributed by atoms with Gasteiger partial charge in [0, 0.05) is 11.7 Å². The van der Waals surface area contributed by atoms with Crippen molar-refractivity contribution < 1.29 is 22.7 Å². The molecule has 0 spiro atoms. The van der Waals surface area contributed by atoms with Crippen molar-refractivity contribution >= 4 is 21.6 Å². The molecule has 1 aliphatic carbocycles. The van der Waals surface area contributed by atoms with Gasteiger partial charge in [-0.15, -0.1) is 0 Å². The van der Waals surface area contributed by atoms with Gasteiger partial charge >= 0.3 is 0 Å². The molecule has 0 atom stereocenters. The fourth-order valence-electron chi connectivity index (χ4n) is 3.62. The largest absolute Gasteiger partial charge is 0.484 e. The molecule has 0 aromatic heterocycles. The Labute approximate surface area is 193 Å². The number of nitrogens with one attached hydrogen (secondary N) is 2. The lowest BCUT2D eigenvalue weighted by molar-refractivity contribution is -0.118. The third-order valence-corrected chi connectivity index (χ3v) is 6.83. The molecule has 2 N–H and O–H groups in total. The number of ether oxygens (including phenoxy) is 2. The lowest BCUT2D eigenvalue weighted by Gasteiger charge is -2.13. The van der Waals surface area contributed by atoms with Crippen LogP contribution in [-0.2, 0) is 14.8 Å². The van der Waals surface area contributed by atoms with Crippen molar-refractivity contribution in [2.75, 3.05) is 11.9 Å². The van der Waals surface area contributed by atoms with E-state index in [4.69, 9.17) is 9.47 Å². The van der Waals surface area contributed by atoms with Crippen LogP contribution in [0.3, 0.4) is 0 Å². The first kappa shape index (κ1) is 22.8. The van der Waals surface area contributed by atoms with E-state index in [0.29, 0.717) is 17.2 Å². The second-order valence-corrected chi connectivity index (χ2v) is 9.56. The second kappa shape index (κ2) is 10.5. The number of benzene rings is 3. The average Bonchev–Trinajstić information content (AvgIpc) is 3.32. The molecule has 0 unspecified atom stereocenters. The minimum atomic E-state index is -3.55. The Bertz CT molecular complexity index is 1160. The van der Waals surface area contributed by atoms with Gasteiger partial charge in [-0.05, 0) is 73.5 Å². The highest BCUT2D eigenvalue weighted by Gasteiger charge is 2.22. The first-order valence-electron chi connectivity index (χ1n) is 10.9. The summed E-state index contributed by atoms with van der Waals surface area (Å²) in [5, 5.41) is 2.75. The van der Waals surface area contributed by atoms with Crippen molar-refractivity contribution in [1.29, 1.82) is 0 Å². The predicted octanol–water partition coefficient (Wildman–Crippen LogP) is 4.72. The van der Waals surface area contributed by atoms with Gasteiger partial charge < -0.3 is 14.8 Å². The van der Waals surface area contributed by atoms with Crippen molar-refractivity contribution in [2.24, 2.45) is 0 Å². The highest BCUT2D eigenvalue weighted by Crippen LogP contribution is 2.23. The zero-order chi connectivity index (χ0) is 23.1. The Morgan fingerprint density at radius 1 is 0.818 bits per heavy atom. The third-order valence-electron chi connectivity index (χ3n) is 5.30. The van der Waals surface area contributed by atoms with Crippen LogP contribution in [0.1, 0.15) is 25.7 Å². The summed E-state index contributed by atoms with van der Waals surface area (Å²) in [5.74, 6) is 1.48. The van der Waals surface area contributed by atoms with Gasteiger partial charge in [-0.3, -0.25) is 4.79 Å². The molecule has 172 valence electrons. The maximum atomic E-state index is 12.5. The Hall–Kier alpha value is -3.36. The van der Waals surface area contributed by atoms with Gasteiger partial charge in [-0.1, -0.05) is 31.0 Å². The smallest absolute Gasteiger partial charge is 0.262 e. The molecule has 0 heterocycles. The first-order valence-corrected chi connectivity index (χ1v) is 12.3. The number of carbonyl (C=O) groups is 1. The summed E-state index contributed by atoms with van der Waals surface area (Å²) in [6.45, 7) is -0.200. The van der Waals surface area contributed by atoms with Crippen molar-refractivity contribution in [1.82, 2.24) is 4.72 Å². The van der Waals surface area contributed by atoms with E-state index >= 15 is 0 Å². The summed E-state index contributed by atoms with van der Waals surface area (Å²) in [4.78, 5) is 12.4. The molecular weight excluding hydrogens is 440 g/mol. The van der Waals surface area contributed by atoms with Crippen molar-refractivity contribution in [3.8, 4) is 17.2 Å². The van der Waals surface area contributed by atoms with E-state index in [1.54, 1.807) is 36.4 Å². The van der Waals surface area contributed by atoms with Crippen LogP contribution >= 0.6 is 0 Å². The molecule has 7 nitrogen and oxygen atoms in total. The number of para-hydroxylation sites is 1. The van der Waals surface area contributed by atoms with Crippen LogP contribution in [0.25, 0.3) is 0 Å². The molecular formula is C25H26N2O5S. The molecule has 0 bridgehead atoms. The molecule has 1 amide bonds. The third kappa shape index (κ3) is 6.57. The van der Waals surface area contributed by atoms with Crippen molar-refractivity contribution in [2.45, 2.75) is 36.6 Å². The van der Waals surface area contributed by atoms with E-state index in [1.165, 1.54) is 12.1 Å². The predicted molar refractivity (Wildman–Crippen MR) is 126 cm³/mol. The van der Waals surface area contributed by atoms with Gasteiger partial charge in [-0.25, -0.2) is 13.1 Å². The summed E-state index contributed by atoms with van der Waals surface area (Å²) in [7, 11) is -3.55. The van der Waals surface area contributed by atoms with Crippen molar-refractivity contribution in [3.63, 3.8) is 0 Å². The van der Waals surface area contributed by atoms with Crippen LogP contribution in [0.15, 0.2) is 83.8 Å². The fourth-order valence-corrected chi connectivity index (χ4v) is 4.93. The zero-order valence-corrected chi connectivity index (χ0v) is 18.9. The zero-order valence-electron chi connectivity index (χ0n) is 18.1. The molecule has 1 saturated carbocycles. The normalized spacial score (nSPS) is 14.1. The summed E-state index contributed by atoms with van der Waals surface area (Å²) in [6.07, 6.45) is 3.85. The monoisotopic (exact) mass is 466 g/mol. The van der Waals surface area contributed by atoms with E-state index in [2.05, 4.69) is 10.0 Å². The number of anilines is 1. The van der Waals surface area contributed by atoms with Crippen LogP contribution in [0.4, 0.5) is 5.69 Å². The molecule has 8 heteroatoms. The van der Waals surface area contributed by atoms with Crippen LogP contribution in [0, 0.1) is 0 Å². The molecule has 0 radical (unpaired) electrons. The molecule has 1 fully saturated rings. The summed E-state index contributed by atoms with van der Waals surface area (Å²) < 4.78 is 38.9. The standard InChI is InChI=1S/C25H26N2O5S/c28-25(26-19-10-12-23(13-11-19)32-22-8-2-1-3-9-22)18-31-21-14-16-24(17-15-21)33(29,30)27-20-6-4-5-7-20/h1-3,8-17,20,27H,4-7,18H2,(H,26,28). The van der Waals surface area contributed by atoms with Gasteiger partial charge in [0.1, 0.15) is 17.2 Å². The number of sulfonamides is 1. The quantitative estimate of drug-likeness (QED) is 0.476. The Kier molecular flexibility index (Phi) is 7.26. The van der Waals surface area contributed by atoms with E-state index in [0.717, 1.165) is 31.4 Å². The number of hydrogen-bond acceptors (Lipinski definition) is 5. The molecule has 3 aromatic carbocycles. The number of hydrogen-bond donors (Lipinski definition) is 2. The summed E-state index contributed by atoms with van der Waals surface area (Å²) in [5.41, 5.74) is 0.614. The van der Waals surface area contributed by atoms with Crippen molar-refractivity contribution in [3.05, 3.63) is 78.9 Å². The molecule has 0 aliphatic heterocycles. The summed E-state index contributed by atoms with van der Waals surface area (Å²) in [6, 6.07) is 22.5. The van der Waals surface area contributed by atoms with Crippen LogP contribution in [-0.4, -0.2) is 27.0 Å². The Balaban J connectivity index is 1.25. The van der Waals surface area contributed by atoms with Crippen LogP contribution in [0.2, 0.25) is 0 Å². The Morgan fingerprint density at radius 2 is 1.42 bits per heavy atom. The van der Waals surface area contributed by atoms with Crippen LogP contribution < -0.4 is 19.5 Å². The molecule has 3 aromatic rings. The highest BCUT2D eigenvalue weighted by molar-refractivity contribution is 7.89. The minimum absolute atomic E-state index is 0.00795. The van der Waals surface area contributed by atoms with E-state index in [1.807, 2.05) is 30.3 Å². The Morgan fingerprint density at radius 3 is 2.09 bits per heavy atom. The topological polar surface area (TPSA) is 93.7 Å². The fraction of sp³-hybridized carbons (Fsp3) is 0.240. The lowest BCUT2D eigenvalue weighted by Crippen LogP contribution is -2.32. The number of rotatable bonds is 9. The molecule has 4 rings (SSSR count). The summed E-state index contributed by atoms with van der Waals surface area (Å²) >= 11 is 0. The van der Waals surface area contributed by atoms with Gasteiger partial charge in [0.05, 0.1) is 4.90 Å². The van der Waals surface area contributed by atoms with E-state index in [9.17, 15) is 13.2 Å². The number of carbonyl (C=O) groups excluding carboxylic acids is 1. The number of amides is 1. The highest BCUT2D eigenvalue weighted by atomic mass is 32.2. The SMILES string of the molecule is O=C(COc1ccc(S(=O)(=O)NC2CCCC2)cc1)Nc1ccc(Oc2ccccc2)cc1. The van der Waals surface area contributed by atoms with Gasteiger partial charge in [0.25, 0.3) is 5.91 Å². The average molecular weight is 467 g/mol. The minimum Gasteiger partial charge on any atom is -0.484 e. The van der Waals surface area contributed by atoms with E-state index in [-0.39, 0.29) is 23.5 Å².